The van der Waals surface area contributed by atoms with Gasteiger partial charge in [0.2, 0.25) is 5.91 Å². The van der Waals surface area contributed by atoms with Crippen LogP contribution in [0, 0.1) is 0 Å². The summed E-state index contributed by atoms with van der Waals surface area (Å²) < 4.78 is 5.75. The first-order valence-corrected chi connectivity index (χ1v) is 7.82. The van der Waals surface area contributed by atoms with E-state index in [1.54, 1.807) is 0 Å². The highest BCUT2D eigenvalue weighted by atomic mass is 79.9. The van der Waals surface area contributed by atoms with E-state index in [2.05, 4.69) is 21.2 Å². The van der Waals surface area contributed by atoms with Crippen molar-refractivity contribution in [3.63, 3.8) is 0 Å². The molecule has 1 aliphatic heterocycles. The number of hydrogen-bond acceptors (Lipinski definition) is 2. The number of benzene rings is 1. The van der Waals surface area contributed by atoms with Gasteiger partial charge in [0.25, 0.3) is 0 Å². The minimum absolute atomic E-state index is 0.0528. The second kappa shape index (κ2) is 5.95. The molecule has 104 valence electrons. The Hall–Kier alpha value is -1.03. The quantitative estimate of drug-likeness (QED) is 0.637. The molecule has 19 heavy (non-hydrogen) atoms. The van der Waals surface area contributed by atoms with Crippen LogP contribution in [0.5, 0.6) is 5.75 Å². The van der Waals surface area contributed by atoms with Crippen LogP contribution in [0.25, 0.3) is 0 Å². The molecule has 0 aromatic heterocycles. The van der Waals surface area contributed by atoms with Gasteiger partial charge >= 0.3 is 0 Å². The Bertz CT molecular complexity index is 471. The summed E-state index contributed by atoms with van der Waals surface area (Å²) in [6.07, 6.45) is 3.41. The van der Waals surface area contributed by atoms with Crippen LogP contribution >= 0.6 is 15.9 Å². The predicted molar refractivity (Wildman–Crippen MR) is 81.2 cm³/mol. The third kappa shape index (κ3) is 3.11. The summed E-state index contributed by atoms with van der Waals surface area (Å²) in [4.78, 5) is 11.8. The van der Waals surface area contributed by atoms with Gasteiger partial charge in [-0.1, -0.05) is 15.9 Å². The third-order valence-corrected chi connectivity index (χ3v) is 4.09. The van der Waals surface area contributed by atoms with Crippen molar-refractivity contribution in [1.82, 2.24) is 0 Å². The molecule has 0 unspecified atom stereocenters. The Labute approximate surface area is 122 Å². The minimum atomic E-state index is -0.468. The van der Waals surface area contributed by atoms with Crippen LogP contribution < -0.4 is 10.1 Å². The van der Waals surface area contributed by atoms with E-state index in [0.29, 0.717) is 0 Å². The molecule has 0 atom stereocenters. The third-order valence-electron chi connectivity index (χ3n) is 3.53. The zero-order valence-corrected chi connectivity index (χ0v) is 13.0. The molecular weight excluding hydrogens is 306 g/mol. The summed E-state index contributed by atoms with van der Waals surface area (Å²) >= 11 is 3.42. The van der Waals surface area contributed by atoms with E-state index in [0.717, 1.165) is 35.4 Å². The van der Waals surface area contributed by atoms with Crippen molar-refractivity contribution in [3.05, 3.63) is 23.8 Å². The van der Waals surface area contributed by atoms with Crippen LogP contribution in [0.15, 0.2) is 18.2 Å². The Balaban J connectivity index is 1.98. The van der Waals surface area contributed by atoms with E-state index >= 15 is 0 Å². The van der Waals surface area contributed by atoms with Crippen LogP contribution in [-0.2, 0) is 10.2 Å². The maximum Gasteiger partial charge on any atom is 0.234 e. The monoisotopic (exact) mass is 325 g/mol. The number of unbranched alkanes of at least 4 members (excludes halogenated alkanes) is 2. The van der Waals surface area contributed by atoms with Gasteiger partial charge in [0.05, 0.1) is 12.0 Å². The number of carbonyl (C=O) groups excluding carboxylic acids is 1. The molecule has 0 bridgehead atoms. The van der Waals surface area contributed by atoms with E-state index in [9.17, 15) is 4.79 Å². The summed E-state index contributed by atoms with van der Waals surface area (Å²) in [7, 11) is 0. The number of fused-ring (bicyclic) bond motifs is 1. The van der Waals surface area contributed by atoms with Gasteiger partial charge in [0.1, 0.15) is 5.75 Å². The lowest BCUT2D eigenvalue weighted by Crippen LogP contribution is -2.26. The van der Waals surface area contributed by atoms with Gasteiger partial charge < -0.3 is 10.1 Å². The van der Waals surface area contributed by atoms with Gasteiger partial charge in [-0.15, -0.1) is 0 Å². The molecule has 1 aromatic rings. The summed E-state index contributed by atoms with van der Waals surface area (Å²) in [6, 6.07) is 5.83. The Morgan fingerprint density at radius 3 is 2.79 bits per heavy atom. The van der Waals surface area contributed by atoms with Crippen molar-refractivity contribution >= 4 is 27.5 Å². The fraction of sp³-hybridized carbons (Fsp3) is 0.533. The number of nitrogens with one attached hydrogen (secondary N) is 1. The number of amides is 1. The topological polar surface area (TPSA) is 38.3 Å². The molecule has 0 fully saturated rings. The van der Waals surface area contributed by atoms with E-state index < -0.39 is 5.41 Å². The first kappa shape index (κ1) is 14.4. The largest absolute Gasteiger partial charge is 0.494 e. The fourth-order valence-electron chi connectivity index (χ4n) is 2.20. The molecule has 1 aliphatic rings. The van der Waals surface area contributed by atoms with Crippen LogP contribution in [-0.4, -0.2) is 17.8 Å². The lowest BCUT2D eigenvalue weighted by molar-refractivity contribution is -0.119. The van der Waals surface area contributed by atoms with Gasteiger partial charge in [-0.3, -0.25) is 4.79 Å². The second-order valence-corrected chi connectivity index (χ2v) is 6.18. The van der Waals surface area contributed by atoms with Gasteiger partial charge in [-0.25, -0.2) is 0 Å². The predicted octanol–water partition coefficient (Wildman–Crippen LogP) is 3.86. The van der Waals surface area contributed by atoms with Crippen molar-refractivity contribution < 1.29 is 9.53 Å². The number of carbonyl (C=O) groups is 1. The van der Waals surface area contributed by atoms with Gasteiger partial charge in [-0.05, 0) is 56.9 Å². The second-order valence-electron chi connectivity index (χ2n) is 5.38. The summed E-state index contributed by atoms with van der Waals surface area (Å²) in [5, 5.41) is 3.95. The molecule has 0 saturated carbocycles. The lowest BCUT2D eigenvalue weighted by Gasteiger charge is -2.16. The van der Waals surface area contributed by atoms with Crippen molar-refractivity contribution in [2.75, 3.05) is 17.3 Å². The smallest absolute Gasteiger partial charge is 0.234 e. The number of rotatable bonds is 6. The number of alkyl halides is 1. The molecule has 0 spiro atoms. The molecule has 1 N–H and O–H groups in total. The summed E-state index contributed by atoms with van der Waals surface area (Å²) in [5.74, 6) is 0.902. The highest BCUT2D eigenvalue weighted by molar-refractivity contribution is 9.09. The molecule has 0 radical (unpaired) electrons. The molecule has 1 heterocycles. The van der Waals surface area contributed by atoms with Crippen LogP contribution in [0.2, 0.25) is 0 Å². The SMILES string of the molecule is CC1(C)C(=O)Nc2ccc(OCCCCCBr)cc21. The van der Waals surface area contributed by atoms with Crippen LogP contribution in [0.3, 0.4) is 0 Å². The molecule has 2 rings (SSSR count). The zero-order valence-electron chi connectivity index (χ0n) is 11.5. The zero-order chi connectivity index (χ0) is 13.9. The highest BCUT2D eigenvalue weighted by Gasteiger charge is 2.38. The number of hydrogen-bond donors (Lipinski definition) is 1. The normalized spacial score (nSPS) is 16.1. The first-order valence-electron chi connectivity index (χ1n) is 6.70. The highest BCUT2D eigenvalue weighted by Crippen LogP contribution is 2.39. The molecule has 0 aliphatic carbocycles. The molecule has 3 nitrogen and oxygen atoms in total. The average molecular weight is 326 g/mol. The van der Waals surface area contributed by atoms with Gasteiger partial charge in [-0.2, -0.15) is 0 Å². The maximum absolute atomic E-state index is 11.8. The molecule has 4 heteroatoms. The van der Waals surface area contributed by atoms with Gasteiger partial charge in [0.15, 0.2) is 0 Å². The van der Waals surface area contributed by atoms with Crippen molar-refractivity contribution in [2.45, 2.75) is 38.5 Å². The van der Waals surface area contributed by atoms with E-state index in [4.69, 9.17) is 4.74 Å². The van der Waals surface area contributed by atoms with E-state index in [1.807, 2.05) is 32.0 Å². The molecule has 1 amide bonds. The van der Waals surface area contributed by atoms with E-state index in [-0.39, 0.29) is 5.91 Å². The average Bonchev–Trinajstić information content (AvgIpc) is 2.61. The van der Waals surface area contributed by atoms with Crippen LogP contribution in [0.1, 0.15) is 38.7 Å². The molecule has 0 saturated heterocycles. The summed E-state index contributed by atoms with van der Waals surface area (Å²) in [6.45, 7) is 4.61. The van der Waals surface area contributed by atoms with E-state index in [1.165, 1.54) is 12.8 Å². The van der Waals surface area contributed by atoms with Crippen molar-refractivity contribution in [3.8, 4) is 5.75 Å². The maximum atomic E-state index is 11.8. The Morgan fingerprint density at radius 2 is 2.05 bits per heavy atom. The Kier molecular flexibility index (Phi) is 4.50. The number of halogens is 1. The summed E-state index contributed by atoms with van der Waals surface area (Å²) in [5.41, 5.74) is 1.46. The van der Waals surface area contributed by atoms with Gasteiger partial charge in [0, 0.05) is 11.0 Å². The number of anilines is 1. The lowest BCUT2D eigenvalue weighted by atomic mass is 9.86. The minimum Gasteiger partial charge on any atom is -0.494 e. The van der Waals surface area contributed by atoms with Crippen LogP contribution in [0.4, 0.5) is 5.69 Å². The fourth-order valence-corrected chi connectivity index (χ4v) is 2.60. The standard InChI is InChI=1S/C15H20BrNO2/c1-15(2)12-10-11(19-9-5-3-4-8-16)6-7-13(12)17-14(15)18/h6-7,10H,3-5,8-9H2,1-2H3,(H,17,18). The first-order chi connectivity index (χ1) is 9.05. The number of ether oxygens (including phenoxy) is 1. The van der Waals surface area contributed by atoms with Crippen molar-refractivity contribution in [1.29, 1.82) is 0 Å². The molecular formula is C15H20BrNO2. The Morgan fingerprint density at radius 1 is 1.26 bits per heavy atom. The van der Waals surface area contributed by atoms with Crippen molar-refractivity contribution in [2.24, 2.45) is 0 Å². The molecule has 1 aromatic carbocycles.